The molecule has 1 atom stereocenters. The summed E-state index contributed by atoms with van der Waals surface area (Å²) in [5.41, 5.74) is 2.74. The molecule has 3 aromatic carbocycles. The van der Waals surface area contributed by atoms with E-state index in [0.717, 1.165) is 11.3 Å². The zero-order chi connectivity index (χ0) is 23.8. The summed E-state index contributed by atoms with van der Waals surface area (Å²) in [6.07, 6.45) is 0.700. The van der Waals surface area contributed by atoms with E-state index in [1.807, 2.05) is 6.07 Å². The largest absolute Gasteiger partial charge is 0.507 e. The van der Waals surface area contributed by atoms with Crippen molar-refractivity contribution in [3.63, 3.8) is 0 Å². The SMILES string of the molecule is COc1ccccc1C1/C(=C(\O)c2ccc3c(c2)CCO3)C(=O)C(=O)N1c1ccc(C#N)cc1. The number of nitriles is 1. The second-order valence-corrected chi connectivity index (χ2v) is 7.99. The number of fused-ring (bicyclic) bond motifs is 1. The predicted octanol–water partition coefficient (Wildman–Crippen LogP) is 4.13. The van der Waals surface area contributed by atoms with E-state index in [4.69, 9.17) is 14.7 Å². The summed E-state index contributed by atoms with van der Waals surface area (Å²) in [5, 5.41) is 20.5. The third kappa shape index (κ3) is 3.37. The zero-order valence-corrected chi connectivity index (χ0v) is 18.3. The molecule has 3 aromatic rings. The van der Waals surface area contributed by atoms with E-state index in [1.165, 1.54) is 12.0 Å². The van der Waals surface area contributed by atoms with E-state index in [9.17, 15) is 14.7 Å². The van der Waals surface area contributed by atoms with Gasteiger partial charge in [-0.05, 0) is 54.1 Å². The van der Waals surface area contributed by atoms with E-state index in [1.54, 1.807) is 66.7 Å². The summed E-state index contributed by atoms with van der Waals surface area (Å²) in [6, 6.07) is 19.8. The number of aliphatic hydroxyl groups excluding tert-OH is 1. The molecule has 0 aromatic heterocycles. The molecule has 2 heterocycles. The van der Waals surface area contributed by atoms with Gasteiger partial charge in [0.05, 0.1) is 37.0 Å². The Kier molecular flexibility index (Phi) is 5.27. The number of para-hydroxylation sites is 1. The van der Waals surface area contributed by atoms with Crippen LogP contribution in [0, 0.1) is 11.3 Å². The van der Waals surface area contributed by atoms with Gasteiger partial charge in [0.25, 0.3) is 11.7 Å². The Bertz CT molecular complexity index is 1380. The number of benzene rings is 3. The van der Waals surface area contributed by atoms with Crippen molar-refractivity contribution < 1.29 is 24.2 Å². The lowest BCUT2D eigenvalue weighted by molar-refractivity contribution is -0.132. The van der Waals surface area contributed by atoms with Gasteiger partial charge in [0.15, 0.2) is 0 Å². The van der Waals surface area contributed by atoms with E-state index in [2.05, 4.69) is 0 Å². The molecule has 7 nitrogen and oxygen atoms in total. The molecule has 0 spiro atoms. The van der Waals surface area contributed by atoms with Gasteiger partial charge in [-0.2, -0.15) is 5.26 Å². The summed E-state index contributed by atoms with van der Waals surface area (Å²) in [5.74, 6) is -0.613. The minimum atomic E-state index is -0.923. The topological polar surface area (TPSA) is 99.9 Å². The number of carbonyl (C=O) groups is 2. The Morgan fingerprint density at radius 2 is 1.88 bits per heavy atom. The maximum absolute atomic E-state index is 13.3. The molecule has 5 rings (SSSR count). The van der Waals surface area contributed by atoms with E-state index in [-0.39, 0.29) is 11.3 Å². The van der Waals surface area contributed by atoms with Crippen LogP contribution in [0.25, 0.3) is 5.76 Å². The molecule has 0 bridgehead atoms. The van der Waals surface area contributed by atoms with Crippen LogP contribution in [-0.2, 0) is 16.0 Å². The van der Waals surface area contributed by atoms with Crippen LogP contribution in [0.2, 0.25) is 0 Å². The molecule has 0 radical (unpaired) electrons. The van der Waals surface area contributed by atoms with E-state index in [0.29, 0.717) is 41.2 Å². The molecule has 34 heavy (non-hydrogen) atoms. The third-order valence-electron chi connectivity index (χ3n) is 6.12. The second-order valence-electron chi connectivity index (χ2n) is 7.99. The Hall–Kier alpha value is -4.57. The minimum absolute atomic E-state index is 0.0299. The van der Waals surface area contributed by atoms with E-state index < -0.39 is 17.7 Å². The summed E-state index contributed by atoms with van der Waals surface area (Å²) in [6.45, 7) is 0.559. The molecule has 1 amide bonds. The summed E-state index contributed by atoms with van der Waals surface area (Å²) >= 11 is 0. The normalized spacial score (nSPS) is 18.4. The van der Waals surface area contributed by atoms with Gasteiger partial charge < -0.3 is 14.6 Å². The fourth-order valence-electron chi connectivity index (χ4n) is 4.47. The molecule has 2 aliphatic rings. The number of anilines is 1. The van der Waals surface area contributed by atoms with Gasteiger partial charge in [-0.3, -0.25) is 14.5 Å². The van der Waals surface area contributed by atoms with Gasteiger partial charge in [-0.1, -0.05) is 18.2 Å². The number of hydrogen-bond donors (Lipinski definition) is 1. The van der Waals surface area contributed by atoms with E-state index >= 15 is 0 Å². The lowest BCUT2D eigenvalue weighted by Crippen LogP contribution is -2.29. The van der Waals surface area contributed by atoms with Gasteiger partial charge in [-0.15, -0.1) is 0 Å². The molecule has 1 saturated heterocycles. The van der Waals surface area contributed by atoms with Crippen LogP contribution in [0.5, 0.6) is 11.5 Å². The molecule has 2 aliphatic heterocycles. The lowest BCUT2D eigenvalue weighted by Gasteiger charge is -2.26. The van der Waals surface area contributed by atoms with Gasteiger partial charge in [0.2, 0.25) is 0 Å². The number of ether oxygens (including phenoxy) is 2. The molecule has 0 aliphatic carbocycles. The quantitative estimate of drug-likeness (QED) is 0.363. The van der Waals surface area contributed by atoms with Crippen LogP contribution in [0.15, 0.2) is 72.3 Å². The van der Waals surface area contributed by atoms with Gasteiger partial charge >= 0.3 is 0 Å². The highest BCUT2D eigenvalue weighted by Crippen LogP contribution is 2.45. The molecule has 7 heteroatoms. The van der Waals surface area contributed by atoms with Crippen LogP contribution in [0.1, 0.15) is 28.3 Å². The van der Waals surface area contributed by atoms with Crippen molar-refractivity contribution in [1.29, 1.82) is 5.26 Å². The maximum Gasteiger partial charge on any atom is 0.300 e. The van der Waals surface area contributed by atoms with Crippen LogP contribution in [-0.4, -0.2) is 30.5 Å². The number of amides is 1. The number of ketones is 1. The first-order valence-electron chi connectivity index (χ1n) is 10.7. The Morgan fingerprint density at radius 1 is 1.12 bits per heavy atom. The van der Waals surface area contributed by atoms with Crippen molar-refractivity contribution in [1.82, 2.24) is 0 Å². The van der Waals surface area contributed by atoms with Crippen molar-refractivity contribution in [3.05, 3.63) is 94.6 Å². The fourth-order valence-corrected chi connectivity index (χ4v) is 4.47. The van der Waals surface area contributed by atoms with Crippen molar-refractivity contribution in [2.45, 2.75) is 12.5 Å². The van der Waals surface area contributed by atoms with Crippen LogP contribution >= 0.6 is 0 Å². The van der Waals surface area contributed by atoms with Gasteiger partial charge in [0.1, 0.15) is 17.3 Å². The number of hydrogen-bond acceptors (Lipinski definition) is 6. The molecular formula is C27H20N2O5. The highest BCUT2D eigenvalue weighted by atomic mass is 16.5. The second kappa shape index (κ2) is 8.41. The molecule has 168 valence electrons. The molecule has 1 fully saturated rings. The first kappa shape index (κ1) is 21.3. The molecule has 1 N–H and O–H groups in total. The van der Waals surface area contributed by atoms with Crippen molar-refractivity contribution in [3.8, 4) is 17.6 Å². The van der Waals surface area contributed by atoms with Crippen LogP contribution < -0.4 is 14.4 Å². The first-order valence-corrected chi connectivity index (χ1v) is 10.7. The summed E-state index contributed by atoms with van der Waals surface area (Å²) in [4.78, 5) is 27.9. The van der Waals surface area contributed by atoms with Gasteiger partial charge in [0, 0.05) is 23.2 Å². The van der Waals surface area contributed by atoms with Crippen molar-refractivity contribution in [2.24, 2.45) is 0 Å². The number of Topliss-reactive ketones (excluding diaryl/α,β-unsaturated/α-hetero) is 1. The molecular weight excluding hydrogens is 432 g/mol. The summed E-state index contributed by atoms with van der Waals surface area (Å²) in [7, 11) is 1.51. The number of nitrogens with zero attached hydrogens (tertiary/aromatic N) is 2. The van der Waals surface area contributed by atoms with Gasteiger partial charge in [-0.25, -0.2) is 0 Å². The highest BCUT2D eigenvalue weighted by molar-refractivity contribution is 6.51. The molecule has 1 unspecified atom stereocenters. The summed E-state index contributed by atoms with van der Waals surface area (Å²) < 4.78 is 11.1. The number of carbonyl (C=O) groups excluding carboxylic acids is 2. The highest BCUT2D eigenvalue weighted by Gasteiger charge is 2.48. The maximum atomic E-state index is 13.3. The monoisotopic (exact) mass is 452 g/mol. The average molecular weight is 452 g/mol. The third-order valence-corrected chi connectivity index (χ3v) is 6.12. The minimum Gasteiger partial charge on any atom is -0.507 e. The zero-order valence-electron chi connectivity index (χ0n) is 18.3. The lowest BCUT2D eigenvalue weighted by atomic mass is 9.93. The standard InChI is InChI=1S/C27H20N2O5/c1-33-22-5-3-2-4-20(22)24-23(25(30)18-8-11-21-17(14-18)12-13-34-21)26(31)27(32)29(24)19-9-6-16(15-28)7-10-19/h2-11,14,24,30H,12-13H2,1H3/b25-23+. The predicted molar refractivity (Wildman–Crippen MR) is 125 cm³/mol. The van der Waals surface area contributed by atoms with Crippen molar-refractivity contribution in [2.75, 3.05) is 18.6 Å². The Labute approximate surface area is 196 Å². The van der Waals surface area contributed by atoms with Crippen LogP contribution in [0.4, 0.5) is 5.69 Å². The first-order chi connectivity index (χ1) is 16.5. The van der Waals surface area contributed by atoms with Crippen molar-refractivity contribution >= 4 is 23.1 Å². The smallest absolute Gasteiger partial charge is 0.300 e. The number of rotatable bonds is 4. The average Bonchev–Trinajstić information content (AvgIpc) is 3.45. The number of methoxy groups -OCH3 is 1. The van der Waals surface area contributed by atoms with Crippen LogP contribution in [0.3, 0.4) is 0 Å². The number of aliphatic hydroxyl groups is 1. The molecule has 0 saturated carbocycles. The fraction of sp³-hybridized carbons (Fsp3) is 0.148. The Morgan fingerprint density at radius 3 is 2.62 bits per heavy atom. The Balaban J connectivity index is 1.72.